The van der Waals surface area contributed by atoms with Gasteiger partial charge in [0, 0.05) is 18.8 Å². The van der Waals surface area contributed by atoms with Crippen molar-refractivity contribution in [3.63, 3.8) is 0 Å². The van der Waals surface area contributed by atoms with E-state index in [1.54, 1.807) is 6.20 Å². The Bertz CT molecular complexity index is 377. The first-order valence-corrected chi connectivity index (χ1v) is 7.06. The zero-order valence-corrected chi connectivity index (χ0v) is 11.8. The minimum atomic E-state index is 0.345. The molecule has 2 N–H and O–H groups in total. The smallest absolute Gasteiger partial charge is 0.222 e. The van der Waals surface area contributed by atoms with Gasteiger partial charge in [-0.05, 0) is 35.7 Å². The van der Waals surface area contributed by atoms with Gasteiger partial charge in [-0.1, -0.05) is 19.3 Å². The number of nitrogens with zero attached hydrogens (tertiary/aromatic N) is 3. The molecule has 0 saturated heterocycles. The predicted molar refractivity (Wildman–Crippen MR) is 74.0 cm³/mol. The van der Waals surface area contributed by atoms with E-state index in [0.717, 1.165) is 16.8 Å². The summed E-state index contributed by atoms with van der Waals surface area (Å²) in [4.78, 5) is 10.7. The van der Waals surface area contributed by atoms with Crippen molar-refractivity contribution < 1.29 is 0 Å². The SMILES string of the molecule is CCN(c1nc(N)ncc1Br)C1CCCCC1. The fourth-order valence-corrected chi connectivity index (χ4v) is 2.97. The van der Waals surface area contributed by atoms with Crippen LogP contribution < -0.4 is 10.6 Å². The standard InChI is InChI=1S/C12H19BrN4/c1-2-17(9-6-4-3-5-7-9)11-10(13)8-15-12(14)16-11/h8-9H,2-7H2,1H3,(H2,14,15,16). The molecule has 1 aromatic rings. The molecule has 0 aliphatic heterocycles. The van der Waals surface area contributed by atoms with Crippen molar-refractivity contribution in [3.8, 4) is 0 Å². The van der Waals surface area contributed by atoms with Crippen LogP contribution in [0.5, 0.6) is 0 Å². The molecule has 2 rings (SSSR count). The molecule has 0 aromatic carbocycles. The van der Waals surface area contributed by atoms with Gasteiger partial charge < -0.3 is 10.6 Å². The molecule has 0 atom stereocenters. The normalized spacial score (nSPS) is 17.1. The van der Waals surface area contributed by atoms with Gasteiger partial charge in [0.1, 0.15) is 5.82 Å². The van der Waals surface area contributed by atoms with Gasteiger partial charge in [0.2, 0.25) is 5.95 Å². The fraction of sp³-hybridized carbons (Fsp3) is 0.667. The van der Waals surface area contributed by atoms with Crippen molar-refractivity contribution in [2.45, 2.75) is 45.1 Å². The zero-order chi connectivity index (χ0) is 12.3. The van der Waals surface area contributed by atoms with Gasteiger partial charge in [-0.2, -0.15) is 4.98 Å². The van der Waals surface area contributed by atoms with Crippen molar-refractivity contribution in [1.29, 1.82) is 0 Å². The third-order valence-electron chi connectivity index (χ3n) is 3.37. The lowest BCUT2D eigenvalue weighted by atomic mass is 9.94. The molecular formula is C12H19BrN4. The van der Waals surface area contributed by atoms with Gasteiger partial charge >= 0.3 is 0 Å². The molecule has 0 bridgehead atoms. The molecule has 1 fully saturated rings. The quantitative estimate of drug-likeness (QED) is 0.932. The molecule has 1 aliphatic rings. The molecule has 4 nitrogen and oxygen atoms in total. The second kappa shape index (κ2) is 5.67. The lowest BCUT2D eigenvalue weighted by Crippen LogP contribution is -2.37. The second-order valence-corrected chi connectivity index (χ2v) is 5.33. The summed E-state index contributed by atoms with van der Waals surface area (Å²) in [6, 6.07) is 0.597. The molecule has 0 amide bonds. The minimum absolute atomic E-state index is 0.345. The highest BCUT2D eigenvalue weighted by Gasteiger charge is 2.22. The van der Waals surface area contributed by atoms with E-state index in [2.05, 4.69) is 37.7 Å². The first kappa shape index (κ1) is 12.6. The van der Waals surface area contributed by atoms with Crippen LogP contribution in [0.4, 0.5) is 11.8 Å². The van der Waals surface area contributed by atoms with Crippen LogP contribution in [-0.4, -0.2) is 22.6 Å². The molecule has 1 aromatic heterocycles. The third kappa shape index (κ3) is 2.89. The Balaban J connectivity index is 2.24. The zero-order valence-electron chi connectivity index (χ0n) is 10.2. The van der Waals surface area contributed by atoms with E-state index in [0.29, 0.717) is 12.0 Å². The maximum Gasteiger partial charge on any atom is 0.222 e. The number of aromatic nitrogens is 2. The van der Waals surface area contributed by atoms with Crippen molar-refractivity contribution >= 4 is 27.7 Å². The molecule has 0 unspecified atom stereocenters. The minimum Gasteiger partial charge on any atom is -0.368 e. The van der Waals surface area contributed by atoms with E-state index in [-0.39, 0.29) is 0 Å². The molecule has 1 saturated carbocycles. The van der Waals surface area contributed by atoms with Crippen molar-refractivity contribution in [3.05, 3.63) is 10.7 Å². The largest absolute Gasteiger partial charge is 0.368 e. The topological polar surface area (TPSA) is 55.0 Å². The highest BCUT2D eigenvalue weighted by atomic mass is 79.9. The van der Waals surface area contributed by atoms with Gasteiger partial charge in [-0.25, -0.2) is 4.98 Å². The van der Waals surface area contributed by atoms with Crippen LogP contribution in [-0.2, 0) is 0 Å². The van der Waals surface area contributed by atoms with E-state index < -0.39 is 0 Å². The molecule has 17 heavy (non-hydrogen) atoms. The van der Waals surface area contributed by atoms with Gasteiger partial charge in [0.25, 0.3) is 0 Å². The van der Waals surface area contributed by atoms with Crippen LogP contribution in [0, 0.1) is 0 Å². The number of hydrogen-bond donors (Lipinski definition) is 1. The molecule has 0 spiro atoms. The number of nitrogen functional groups attached to an aromatic ring is 1. The van der Waals surface area contributed by atoms with Gasteiger partial charge in [0.15, 0.2) is 0 Å². The van der Waals surface area contributed by atoms with Crippen LogP contribution in [0.15, 0.2) is 10.7 Å². The number of rotatable bonds is 3. The first-order chi connectivity index (χ1) is 8.22. The average molecular weight is 299 g/mol. The van der Waals surface area contributed by atoms with Crippen LogP contribution in [0.2, 0.25) is 0 Å². The summed E-state index contributed by atoms with van der Waals surface area (Å²) in [5.41, 5.74) is 5.68. The molecule has 94 valence electrons. The Kier molecular flexibility index (Phi) is 4.20. The molecule has 5 heteroatoms. The summed E-state index contributed by atoms with van der Waals surface area (Å²) < 4.78 is 0.930. The predicted octanol–water partition coefficient (Wildman–Crippen LogP) is 2.98. The monoisotopic (exact) mass is 298 g/mol. The first-order valence-electron chi connectivity index (χ1n) is 6.27. The Hall–Kier alpha value is -0.840. The van der Waals surface area contributed by atoms with Crippen molar-refractivity contribution in [1.82, 2.24) is 9.97 Å². The van der Waals surface area contributed by atoms with E-state index >= 15 is 0 Å². The number of halogens is 1. The van der Waals surface area contributed by atoms with Crippen molar-refractivity contribution in [2.24, 2.45) is 0 Å². The van der Waals surface area contributed by atoms with E-state index in [1.807, 2.05) is 0 Å². The van der Waals surface area contributed by atoms with Gasteiger partial charge in [-0.3, -0.25) is 0 Å². The fourth-order valence-electron chi connectivity index (χ4n) is 2.55. The molecular weight excluding hydrogens is 280 g/mol. The second-order valence-electron chi connectivity index (χ2n) is 4.48. The Morgan fingerprint density at radius 3 is 2.76 bits per heavy atom. The summed E-state index contributed by atoms with van der Waals surface area (Å²) in [5.74, 6) is 1.28. The van der Waals surface area contributed by atoms with Crippen LogP contribution in [0.3, 0.4) is 0 Å². The Morgan fingerprint density at radius 1 is 1.41 bits per heavy atom. The highest BCUT2D eigenvalue weighted by molar-refractivity contribution is 9.10. The Labute approximate surface area is 111 Å². The number of anilines is 2. The van der Waals surface area contributed by atoms with Crippen LogP contribution >= 0.6 is 15.9 Å². The van der Waals surface area contributed by atoms with E-state index in [9.17, 15) is 0 Å². The van der Waals surface area contributed by atoms with Crippen LogP contribution in [0.1, 0.15) is 39.0 Å². The summed E-state index contributed by atoms with van der Waals surface area (Å²) >= 11 is 3.52. The van der Waals surface area contributed by atoms with Crippen LogP contribution in [0.25, 0.3) is 0 Å². The highest BCUT2D eigenvalue weighted by Crippen LogP contribution is 2.30. The molecule has 1 aliphatic carbocycles. The number of hydrogen-bond acceptors (Lipinski definition) is 4. The summed E-state index contributed by atoms with van der Waals surface area (Å²) in [5, 5.41) is 0. The summed E-state index contributed by atoms with van der Waals surface area (Å²) in [6.45, 7) is 3.12. The lowest BCUT2D eigenvalue weighted by Gasteiger charge is -2.34. The van der Waals surface area contributed by atoms with Gasteiger partial charge in [-0.15, -0.1) is 0 Å². The maximum absolute atomic E-state index is 5.68. The maximum atomic E-state index is 5.68. The van der Waals surface area contributed by atoms with E-state index in [4.69, 9.17) is 5.73 Å². The average Bonchev–Trinajstić information content (AvgIpc) is 2.36. The lowest BCUT2D eigenvalue weighted by molar-refractivity contribution is 0.416. The summed E-state index contributed by atoms with van der Waals surface area (Å²) in [7, 11) is 0. The van der Waals surface area contributed by atoms with Gasteiger partial charge in [0.05, 0.1) is 4.47 Å². The summed E-state index contributed by atoms with van der Waals surface area (Å²) in [6.07, 6.45) is 8.25. The Morgan fingerprint density at radius 2 is 2.12 bits per heavy atom. The number of nitrogens with two attached hydrogens (primary N) is 1. The molecule has 1 heterocycles. The van der Waals surface area contributed by atoms with E-state index in [1.165, 1.54) is 32.1 Å². The third-order valence-corrected chi connectivity index (χ3v) is 3.93. The molecule has 0 radical (unpaired) electrons. The van der Waals surface area contributed by atoms with Crippen molar-refractivity contribution in [2.75, 3.05) is 17.2 Å².